The molecule has 2 aromatic carbocycles. The molecule has 0 heterocycles. The third-order valence-corrected chi connectivity index (χ3v) is 2.63. The van der Waals surface area contributed by atoms with Gasteiger partial charge in [-0.25, -0.2) is 9.59 Å². The molecular formula is C14H10O5. The van der Waals surface area contributed by atoms with Crippen LogP contribution in [0.5, 0.6) is 5.75 Å². The Morgan fingerprint density at radius 1 is 1.05 bits per heavy atom. The summed E-state index contributed by atoms with van der Waals surface area (Å²) in [7, 11) is 0. The van der Waals surface area contributed by atoms with Crippen LogP contribution in [0.25, 0.3) is 16.3 Å². The Balaban J connectivity index is 2.79. The largest absolute Gasteiger partial charge is 0.508 e. The summed E-state index contributed by atoms with van der Waals surface area (Å²) in [5, 5.41) is 28.7. The minimum atomic E-state index is -1.36. The number of fused-ring (bicyclic) bond motifs is 1. The predicted octanol–water partition coefficient (Wildman–Crippen LogP) is 2.10. The van der Waals surface area contributed by atoms with Crippen LogP contribution in [-0.2, 0) is 9.59 Å². The molecule has 0 aromatic heterocycles. The van der Waals surface area contributed by atoms with Gasteiger partial charge in [0.25, 0.3) is 0 Å². The van der Waals surface area contributed by atoms with Gasteiger partial charge in [0.2, 0.25) is 0 Å². The van der Waals surface area contributed by atoms with Crippen LogP contribution in [0, 0.1) is 0 Å². The van der Waals surface area contributed by atoms with Crippen LogP contribution in [-0.4, -0.2) is 27.3 Å². The lowest BCUT2D eigenvalue weighted by molar-refractivity contribution is -0.133. The Bertz CT molecular complexity index is 700. The van der Waals surface area contributed by atoms with Crippen molar-refractivity contribution in [3.8, 4) is 5.75 Å². The number of carbonyl (C=O) groups is 2. The first kappa shape index (κ1) is 12.6. The third kappa shape index (κ3) is 2.55. The molecule has 0 saturated carbocycles. The van der Waals surface area contributed by atoms with Crippen LogP contribution in [0.2, 0.25) is 0 Å². The van der Waals surface area contributed by atoms with Gasteiger partial charge in [-0.15, -0.1) is 0 Å². The normalized spacial score (nSPS) is 11.5. The summed E-state index contributed by atoms with van der Waals surface area (Å²) in [5.41, 5.74) is -0.204. The second kappa shape index (κ2) is 4.81. The molecule has 0 atom stereocenters. The summed E-state index contributed by atoms with van der Waals surface area (Å²) in [4.78, 5) is 21.9. The highest BCUT2D eigenvalue weighted by atomic mass is 16.4. The molecule has 0 aliphatic heterocycles. The first-order valence-corrected chi connectivity index (χ1v) is 5.39. The van der Waals surface area contributed by atoms with Crippen molar-refractivity contribution >= 4 is 28.3 Å². The summed E-state index contributed by atoms with van der Waals surface area (Å²) >= 11 is 0. The number of rotatable bonds is 3. The topological polar surface area (TPSA) is 94.8 Å². The van der Waals surface area contributed by atoms with Crippen LogP contribution in [0.1, 0.15) is 5.56 Å². The highest BCUT2D eigenvalue weighted by Gasteiger charge is 2.16. The Hall–Kier alpha value is -2.82. The summed E-state index contributed by atoms with van der Waals surface area (Å²) in [6.45, 7) is 0. The van der Waals surface area contributed by atoms with Gasteiger partial charge >= 0.3 is 11.9 Å². The first-order chi connectivity index (χ1) is 8.99. The van der Waals surface area contributed by atoms with E-state index in [1.54, 1.807) is 24.3 Å². The number of aromatic hydroxyl groups is 1. The second-order valence-electron chi connectivity index (χ2n) is 3.92. The molecule has 0 aliphatic carbocycles. The average molecular weight is 258 g/mol. The molecule has 0 saturated heterocycles. The zero-order valence-electron chi connectivity index (χ0n) is 9.70. The Morgan fingerprint density at radius 2 is 1.74 bits per heavy atom. The van der Waals surface area contributed by atoms with Crippen molar-refractivity contribution in [2.45, 2.75) is 0 Å². The van der Waals surface area contributed by atoms with Gasteiger partial charge in [0.05, 0.1) is 5.57 Å². The summed E-state index contributed by atoms with van der Waals surface area (Å²) < 4.78 is 0. The van der Waals surface area contributed by atoms with Gasteiger partial charge in [-0.05, 0) is 22.9 Å². The van der Waals surface area contributed by atoms with Gasteiger partial charge in [0.1, 0.15) is 5.75 Å². The van der Waals surface area contributed by atoms with E-state index in [1.807, 2.05) is 0 Å². The van der Waals surface area contributed by atoms with Crippen molar-refractivity contribution in [1.29, 1.82) is 0 Å². The van der Waals surface area contributed by atoms with Gasteiger partial charge < -0.3 is 15.3 Å². The van der Waals surface area contributed by atoms with E-state index < -0.39 is 11.9 Å². The highest BCUT2D eigenvalue weighted by Crippen LogP contribution is 2.29. The molecule has 2 rings (SSSR count). The Kier molecular flexibility index (Phi) is 3.20. The van der Waals surface area contributed by atoms with Crippen LogP contribution in [0.15, 0.2) is 42.5 Å². The summed E-state index contributed by atoms with van der Waals surface area (Å²) in [5.74, 6) is -2.84. The van der Waals surface area contributed by atoms with E-state index in [0.717, 1.165) is 0 Å². The molecule has 0 aliphatic rings. The smallest absolute Gasteiger partial charge is 0.336 e. The molecule has 0 unspecified atom stereocenters. The van der Waals surface area contributed by atoms with Gasteiger partial charge in [0.15, 0.2) is 0 Å². The minimum absolute atomic E-state index is 0.119. The van der Waals surface area contributed by atoms with E-state index in [0.29, 0.717) is 16.8 Å². The summed E-state index contributed by atoms with van der Waals surface area (Å²) in [6.07, 6.45) is 0.615. The van der Waals surface area contributed by atoms with E-state index in [4.69, 9.17) is 10.2 Å². The molecule has 0 spiro atoms. The molecule has 0 fully saturated rings. The molecule has 2 aromatic rings. The van der Waals surface area contributed by atoms with Gasteiger partial charge in [0, 0.05) is 11.6 Å². The number of phenolic OH excluding ortho intramolecular Hbond substituents is 1. The average Bonchev–Trinajstić information content (AvgIpc) is 2.34. The predicted molar refractivity (Wildman–Crippen MR) is 68.9 cm³/mol. The monoisotopic (exact) mass is 258 g/mol. The maximum atomic E-state index is 11.2. The summed E-state index contributed by atoms with van der Waals surface area (Å²) in [6, 6.07) is 9.56. The lowest BCUT2D eigenvalue weighted by atomic mass is 9.97. The minimum Gasteiger partial charge on any atom is -0.508 e. The van der Waals surface area contributed by atoms with Crippen molar-refractivity contribution in [3.05, 3.63) is 48.0 Å². The van der Waals surface area contributed by atoms with Crippen LogP contribution in [0.4, 0.5) is 0 Å². The fraction of sp³-hybridized carbons (Fsp3) is 0. The number of hydrogen-bond acceptors (Lipinski definition) is 3. The van der Waals surface area contributed by atoms with Crippen molar-refractivity contribution in [2.75, 3.05) is 0 Å². The fourth-order valence-electron chi connectivity index (χ4n) is 1.90. The van der Waals surface area contributed by atoms with Gasteiger partial charge in [-0.3, -0.25) is 0 Å². The maximum absolute atomic E-state index is 11.2. The lowest BCUT2D eigenvalue weighted by Gasteiger charge is -2.08. The second-order valence-corrected chi connectivity index (χ2v) is 3.92. The number of benzene rings is 2. The third-order valence-electron chi connectivity index (χ3n) is 2.63. The number of phenols is 1. The maximum Gasteiger partial charge on any atom is 0.336 e. The Morgan fingerprint density at radius 3 is 2.37 bits per heavy atom. The SMILES string of the molecule is O=C(O)/C=C(\C(=O)O)c1cc(O)cc2ccccc12. The molecule has 19 heavy (non-hydrogen) atoms. The van der Waals surface area contributed by atoms with Crippen molar-refractivity contribution < 1.29 is 24.9 Å². The number of carboxylic acids is 2. The van der Waals surface area contributed by atoms with Crippen LogP contribution < -0.4 is 0 Å². The van der Waals surface area contributed by atoms with Gasteiger partial charge in [-0.1, -0.05) is 24.3 Å². The quantitative estimate of drug-likeness (QED) is 0.733. The Labute approximate surface area is 108 Å². The first-order valence-electron chi connectivity index (χ1n) is 5.39. The number of aliphatic carboxylic acids is 2. The number of hydrogen-bond donors (Lipinski definition) is 3. The molecule has 5 nitrogen and oxygen atoms in total. The van der Waals surface area contributed by atoms with Crippen molar-refractivity contribution in [1.82, 2.24) is 0 Å². The van der Waals surface area contributed by atoms with E-state index in [2.05, 4.69) is 0 Å². The molecule has 0 radical (unpaired) electrons. The van der Waals surface area contributed by atoms with E-state index in [1.165, 1.54) is 12.1 Å². The molecule has 96 valence electrons. The van der Waals surface area contributed by atoms with Crippen molar-refractivity contribution in [2.24, 2.45) is 0 Å². The zero-order valence-corrected chi connectivity index (χ0v) is 9.70. The molecule has 0 bridgehead atoms. The molecule has 5 heteroatoms. The fourth-order valence-corrected chi connectivity index (χ4v) is 1.90. The standard InChI is InChI=1S/C14H10O5/c15-9-5-8-3-1-2-4-10(8)11(6-9)12(14(18)19)7-13(16)17/h1-7,15H,(H,16,17)(H,18,19)/b12-7-. The highest BCUT2D eigenvalue weighted by molar-refractivity contribution is 6.22. The molecular weight excluding hydrogens is 248 g/mol. The zero-order chi connectivity index (χ0) is 14.0. The van der Waals surface area contributed by atoms with E-state index >= 15 is 0 Å². The van der Waals surface area contributed by atoms with Crippen LogP contribution >= 0.6 is 0 Å². The van der Waals surface area contributed by atoms with Crippen LogP contribution in [0.3, 0.4) is 0 Å². The van der Waals surface area contributed by atoms with E-state index in [9.17, 15) is 14.7 Å². The molecule has 3 N–H and O–H groups in total. The lowest BCUT2D eigenvalue weighted by Crippen LogP contribution is -2.03. The molecule has 0 amide bonds. The van der Waals surface area contributed by atoms with Gasteiger partial charge in [-0.2, -0.15) is 0 Å². The van der Waals surface area contributed by atoms with E-state index in [-0.39, 0.29) is 16.9 Å². The van der Waals surface area contributed by atoms with Crippen molar-refractivity contribution in [3.63, 3.8) is 0 Å². The number of carboxylic acid groups (broad SMARTS) is 2.